The Balaban J connectivity index is 1.31. The van der Waals surface area contributed by atoms with Crippen LogP contribution >= 0.6 is 0 Å². The Kier molecular flexibility index (Phi) is 5.76. The van der Waals surface area contributed by atoms with Crippen molar-refractivity contribution in [3.05, 3.63) is 48.3 Å². The molecule has 2 aliphatic rings. The molecule has 1 aromatic carbocycles. The topological polar surface area (TPSA) is 78.8 Å². The van der Waals surface area contributed by atoms with Crippen LogP contribution in [0.3, 0.4) is 0 Å². The van der Waals surface area contributed by atoms with Crippen LogP contribution in [0.4, 0.5) is 5.69 Å². The molecular formula is C26H30N4O3. The average molecular weight is 447 g/mol. The van der Waals surface area contributed by atoms with E-state index in [9.17, 15) is 9.90 Å². The summed E-state index contributed by atoms with van der Waals surface area (Å²) in [5, 5.41) is 11.7. The van der Waals surface area contributed by atoms with E-state index in [4.69, 9.17) is 4.74 Å². The number of aromatic nitrogens is 2. The van der Waals surface area contributed by atoms with Crippen LogP contribution in [0.25, 0.3) is 22.0 Å². The van der Waals surface area contributed by atoms with E-state index < -0.39 is 5.60 Å². The van der Waals surface area contributed by atoms with E-state index in [-0.39, 0.29) is 5.91 Å². The van der Waals surface area contributed by atoms with Gasteiger partial charge < -0.3 is 19.6 Å². The second kappa shape index (κ2) is 8.72. The van der Waals surface area contributed by atoms with Crippen LogP contribution in [0.15, 0.2) is 42.7 Å². The maximum atomic E-state index is 12.5. The molecule has 3 aromatic rings. The van der Waals surface area contributed by atoms with Crippen LogP contribution in [0, 0.1) is 0 Å². The molecule has 1 saturated heterocycles. The maximum absolute atomic E-state index is 12.5. The number of pyridine rings is 2. The van der Waals surface area contributed by atoms with Gasteiger partial charge in [-0.1, -0.05) is 12.5 Å². The Hall–Kier alpha value is -3.03. The zero-order chi connectivity index (χ0) is 23.0. The number of benzene rings is 1. The number of carbonyl (C=O) groups excluding carboxylic acids is 1. The molecule has 1 fully saturated rings. The summed E-state index contributed by atoms with van der Waals surface area (Å²) in [6.07, 6.45) is 8.42. The summed E-state index contributed by atoms with van der Waals surface area (Å²) in [5.74, 6) is 0.275. The number of piperidine rings is 1. The molecule has 7 heteroatoms. The van der Waals surface area contributed by atoms with Gasteiger partial charge in [0.25, 0.3) is 5.91 Å². The first kappa shape index (κ1) is 21.8. The first-order valence-electron chi connectivity index (χ1n) is 11.7. The molecule has 2 aliphatic heterocycles. The van der Waals surface area contributed by atoms with Gasteiger partial charge in [-0.25, -0.2) is 4.98 Å². The number of hydrogen-bond donors (Lipinski definition) is 1. The fourth-order valence-corrected chi connectivity index (χ4v) is 4.95. The zero-order valence-electron chi connectivity index (χ0n) is 19.3. The van der Waals surface area contributed by atoms with E-state index in [1.807, 2.05) is 30.3 Å². The lowest BCUT2D eigenvalue weighted by molar-refractivity contribution is -0.133. The highest BCUT2D eigenvalue weighted by molar-refractivity contribution is 6.11. The van der Waals surface area contributed by atoms with Gasteiger partial charge in [-0.3, -0.25) is 9.78 Å². The Morgan fingerprint density at radius 3 is 2.61 bits per heavy atom. The number of likely N-dealkylation sites (N-methyl/N-ethyl adjacent to an activating group) is 1. The normalized spacial score (nSPS) is 20.9. The lowest BCUT2D eigenvalue weighted by atomic mass is 9.92. The van der Waals surface area contributed by atoms with Gasteiger partial charge in [0.05, 0.1) is 24.0 Å². The molecule has 0 radical (unpaired) electrons. The fraction of sp³-hybridized carbons (Fsp3) is 0.423. The van der Waals surface area contributed by atoms with Gasteiger partial charge in [-0.05, 0) is 63.0 Å². The van der Waals surface area contributed by atoms with Crippen molar-refractivity contribution in [3.63, 3.8) is 0 Å². The number of rotatable bonds is 6. The highest BCUT2D eigenvalue weighted by Crippen LogP contribution is 2.43. The van der Waals surface area contributed by atoms with Crippen LogP contribution in [-0.4, -0.2) is 59.2 Å². The minimum atomic E-state index is -1.58. The number of hydrogen-bond acceptors (Lipinski definition) is 6. The third kappa shape index (κ3) is 4.07. The highest BCUT2D eigenvalue weighted by atomic mass is 16.5. The van der Waals surface area contributed by atoms with E-state index in [1.165, 1.54) is 37.3 Å². The van der Waals surface area contributed by atoms with E-state index >= 15 is 0 Å². The molecule has 1 unspecified atom stereocenters. The van der Waals surface area contributed by atoms with E-state index in [2.05, 4.69) is 14.9 Å². The lowest BCUT2D eigenvalue weighted by Crippen LogP contribution is -2.35. The molecule has 4 heterocycles. The predicted octanol–water partition coefficient (Wildman–Crippen LogP) is 3.74. The molecule has 1 N–H and O–H groups in total. The Morgan fingerprint density at radius 1 is 1.06 bits per heavy atom. The van der Waals surface area contributed by atoms with Gasteiger partial charge >= 0.3 is 0 Å². The Labute approximate surface area is 194 Å². The average Bonchev–Trinajstić information content (AvgIpc) is 3.02. The number of fused-ring (bicyclic) bond motifs is 3. The number of amides is 1. The van der Waals surface area contributed by atoms with Crippen LogP contribution in [-0.2, 0) is 10.4 Å². The summed E-state index contributed by atoms with van der Waals surface area (Å²) in [7, 11) is 1.66. The van der Waals surface area contributed by atoms with Crippen molar-refractivity contribution >= 4 is 22.5 Å². The Morgan fingerprint density at radius 2 is 1.85 bits per heavy atom. The van der Waals surface area contributed by atoms with Crippen LogP contribution < -0.4 is 9.64 Å². The van der Waals surface area contributed by atoms with Crippen molar-refractivity contribution in [1.82, 2.24) is 14.9 Å². The molecule has 5 rings (SSSR count). The lowest BCUT2D eigenvalue weighted by Gasteiger charge is -2.26. The number of nitrogens with zero attached hydrogens (tertiary/aromatic N) is 4. The third-order valence-electron chi connectivity index (χ3n) is 6.80. The van der Waals surface area contributed by atoms with E-state index in [0.717, 1.165) is 35.0 Å². The first-order valence-corrected chi connectivity index (χ1v) is 11.7. The zero-order valence-corrected chi connectivity index (χ0v) is 19.3. The molecule has 0 spiro atoms. The molecular weight excluding hydrogens is 416 g/mol. The van der Waals surface area contributed by atoms with Gasteiger partial charge in [-0.2, -0.15) is 0 Å². The third-order valence-corrected chi connectivity index (χ3v) is 6.80. The first-order chi connectivity index (χ1) is 15.9. The Bertz CT molecular complexity index is 1170. The minimum Gasteiger partial charge on any atom is -0.478 e. The van der Waals surface area contributed by atoms with Gasteiger partial charge in [0.1, 0.15) is 0 Å². The largest absolute Gasteiger partial charge is 0.478 e. The van der Waals surface area contributed by atoms with Gasteiger partial charge in [0.2, 0.25) is 5.88 Å². The number of aliphatic hydroxyl groups is 1. The molecule has 33 heavy (non-hydrogen) atoms. The van der Waals surface area contributed by atoms with E-state index in [0.29, 0.717) is 23.7 Å². The van der Waals surface area contributed by atoms with Crippen molar-refractivity contribution in [2.24, 2.45) is 0 Å². The summed E-state index contributed by atoms with van der Waals surface area (Å²) in [6.45, 7) is 5.69. The molecule has 1 amide bonds. The van der Waals surface area contributed by atoms with Crippen molar-refractivity contribution < 1.29 is 14.6 Å². The highest BCUT2D eigenvalue weighted by Gasteiger charge is 2.46. The van der Waals surface area contributed by atoms with Crippen LogP contribution in [0.1, 0.15) is 38.2 Å². The summed E-state index contributed by atoms with van der Waals surface area (Å²) < 4.78 is 5.85. The smallest absolute Gasteiger partial charge is 0.263 e. The van der Waals surface area contributed by atoms with Gasteiger partial charge in [0.15, 0.2) is 5.60 Å². The van der Waals surface area contributed by atoms with Crippen LogP contribution in [0.5, 0.6) is 5.88 Å². The molecule has 172 valence electrons. The summed E-state index contributed by atoms with van der Waals surface area (Å²) in [4.78, 5) is 25.5. The van der Waals surface area contributed by atoms with Gasteiger partial charge in [0, 0.05) is 42.4 Å². The number of ether oxygens (including phenoxy) is 1. The predicted molar refractivity (Wildman–Crippen MR) is 128 cm³/mol. The summed E-state index contributed by atoms with van der Waals surface area (Å²) in [5.41, 5.74) is 2.28. The van der Waals surface area contributed by atoms with Gasteiger partial charge in [-0.15, -0.1) is 0 Å². The summed E-state index contributed by atoms with van der Waals surface area (Å²) >= 11 is 0. The molecule has 7 nitrogen and oxygen atoms in total. The second-order valence-electron chi connectivity index (χ2n) is 9.18. The molecule has 0 saturated carbocycles. The fourth-order valence-electron chi connectivity index (χ4n) is 4.95. The number of likely N-dealkylation sites (tertiary alicyclic amines) is 1. The molecule has 0 aliphatic carbocycles. The second-order valence-corrected chi connectivity index (χ2v) is 9.18. The van der Waals surface area contributed by atoms with Crippen LogP contribution in [0.2, 0.25) is 0 Å². The number of carbonyl (C=O) groups is 1. The van der Waals surface area contributed by atoms with Crippen molar-refractivity contribution in [3.8, 4) is 17.0 Å². The van der Waals surface area contributed by atoms with Crippen molar-refractivity contribution in [1.29, 1.82) is 0 Å². The SMILES string of the molecule is CN1C(=O)C(C)(O)c2c1cnc1ccc(-c3ccc(OCCCN4CCCCC4)nc3)cc21. The standard InChI is InChI=1S/C26H30N4O3/c1-26(32)24-20-15-18(7-9-21(20)27-17-22(24)29(2)25(26)31)19-8-10-23(28-16-19)33-14-6-13-30-11-4-3-5-12-30/h7-10,15-17,32H,3-6,11-14H2,1-2H3. The van der Waals surface area contributed by atoms with Crippen molar-refractivity contribution in [2.45, 2.75) is 38.2 Å². The van der Waals surface area contributed by atoms with E-state index in [1.54, 1.807) is 26.4 Å². The summed E-state index contributed by atoms with van der Waals surface area (Å²) in [6, 6.07) is 9.74. The molecule has 2 aromatic heterocycles. The quantitative estimate of drug-likeness (QED) is 0.581. The monoisotopic (exact) mass is 446 g/mol. The number of anilines is 1. The molecule has 0 bridgehead atoms. The maximum Gasteiger partial charge on any atom is 0.263 e. The molecule has 1 atom stereocenters. The van der Waals surface area contributed by atoms with Crippen molar-refractivity contribution in [2.75, 3.05) is 38.2 Å². The minimum absolute atomic E-state index is 0.347.